The zero-order valence-electron chi connectivity index (χ0n) is 10.6. The number of alkyl halides is 4. The summed E-state index contributed by atoms with van der Waals surface area (Å²) < 4.78 is 36.5. The largest absolute Gasteiger partial charge is 0.406 e. The Morgan fingerprint density at radius 2 is 1.65 bits per heavy atom. The van der Waals surface area contributed by atoms with Gasteiger partial charge in [-0.3, -0.25) is 4.79 Å². The van der Waals surface area contributed by atoms with Crippen LogP contribution < -0.4 is 0 Å². The number of rotatable bonds is 5. The van der Waals surface area contributed by atoms with E-state index in [9.17, 15) is 18.0 Å². The number of nitrogens with zero attached hydrogens (tertiary/aromatic N) is 1. The van der Waals surface area contributed by atoms with E-state index in [0.717, 1.165) is 4.90 Å². The smallest absolute Gasteiger partial charge is 0.329 e. The highest BCUT2D eigenvalue weighted by Gasteiger charge is 2.39. The minimum absolute atomic E-state index is 0.374. The van der Waals surface area contributed by atoms with Crippen LogP contribution in [0.1, 0.15) is 40.5 Å². The van der Waals surface area contributed by atoms with Gasteiger partial charge in [0, 0.05) is 6.04 Å². The van der Waals surface area contributed by atoms with Crippen molar-refractivity contribution in [2.24, 2.45) is 0 Å². The zero-order valence-corrected chi connectivity index (χ0v) is 12.2. The standard InChI is InChI=1S/C11H19BrF3NO/c1-5-8(6-2)16(7-11(13,14)15)9(17)10(3,4)12/h8H,5-7H2,1-4H3. The van der Waals surface area contributed by atoms with Crippen molar-refractivity contribution in [3.05, 3.63) is 0 Å². The SMILES string of the molecule is CCC(CC)N(CC(F)(F)F)C(=O)C(C)(C)Br. The summed E-state index contributed by atoms with van der Waals surface area (Å²) in [7, 11) is 0. The van der Waals surface area contributed by atoms with Gasteiger partial charge in [-0.25, -0.2) is 0 Å². The lowest BCUT2D eigenvalue weighted by molar-refractivity contribution is -0.167. The second kappa shape index (κ2) is 6.07. The second-order valence-electron chi connectivity index (χ2n) is 4.49. The monoisotopic (exact) mass is 317 g/mol. The predicted octanol–water partition coefficient (Wildman–Crippen LogP) is 3.74. The molecule has 0 N–H and O–H groups in total. The van der Waals surface area contributed by atoms with Gasteiger partial charge in [0.2, 0.25) is 5.91 Å². The van der Waals surface area contributed by atoms with Crippen molar-refractivity contribution < 1.29 is 18.0 Å². The van der Waals surface area contributed by atoms with Gasteiger partial charge in [0.1, 0.15) is 6.54 Å². The quantitative estimate of drug-likeness (QED) is 0.707. The van der Waals surface area contributed by atoms with Crippen LogP contribution in [0, 0.1) is 0 Å². The highest BCUT2D eigenvalue weighted by Crippen LogP contribution is 2.26. The van der Waals surface area contributed by atoms with Gasteiger partial charge in [-0.05, 0) is 26.7 Å². The molecule has 0 aromatic heterocycles. The Morgan fingerprint density at radius 1 is 1.24 bits per heavy atom. The maximum atomic E-state index is 12.5. The summed E-state index contributed by atoms with van der Waals surface area (Å²) in [5.41, 5.74) is 0. The van der Waals surface area contributed by atoms with Gasteiger partial charge in [-0.2, -0.15) is 13.2 Å². The predicted molar refractivity (Wildman–Crippen MR) is 65.1 cm³/mol. The molecule has 0 heterocycles. The summed E-state index contributed by atoms with van der Waals surface area (Å²) in [6.45, 7) is 5.49. The fourth-order valence-corrected chi connectivity index (χ4v) is 1.86. The maximum Gasteiger partial charge on any atom is 0.406 e. The summed E-state index contributed by atoms with van der Waals surface area (Å²) in [6.07, 6.45) is -3.33. The molecule has 0 aliphatic heterocycles. The molecule has 0 bridgehead atoms. The summed E-state index contributed by atoms with van der Waals surface area (Å²) in [5, 5.41) is 0. The van der Waals surface area contributed by atoms with Gasteiger partial charge in [0.05, 0.1) is 4.32 Å². The molecular formula is C11H19BrF3NO. The fraction of sp³-hybridized carbons (Fsp3) is 0.909. The lowest BCUT2D eigenvalue weighted by Gasteiger charge is -2.35. The molecule has 102 valence electrons. The first-order chi connectivity index (χ1) is 7.53. The van der Waals surface area contributed by atoms with Crippen LogP contribution in [-0.4, -0.2) is 33.9 Å². The summed E-state index contributed by atoms with van der Waals surface area (Å²) in [6, 6.07) is -0.374. The van der Waals surface area contributed by atoms with E-state index in [4.69, 9.17) is 0 Å². The molecule has 0 aliphatic rings. The third kappa shape index (κ3) is 5.75. The molecule has 0 saturated carbocycles. The number of hydrogen-bond acceptors (Lipinski definition) is 1. The van der Waals surface area contributed by atoms with Gasteiger partial charge in [0.25, 0.3) is 0 Å². The number of amides is 1. The molecule has 0 atom stereocenters. The van der Waals surface area contributed by atoms with Crippen LogP contribution in [0.25, 0.3) is 0 Å². The molecular weight excluding hydrogens is 299 g/mol. The number of halogens is 4. The van der Waals surface area contributed by atoms with Crippen LogP contribution in [0.15, 0.2) is 0 Å². The van der Waals surface area contributed by atoms with Crippen molar-refractivity contribution >= 4 is 21.8 Å². The van der Waals surface area contributed by atoms with Crippen LogP contribution in [0.2, 0.25) is 0 Å². The number of hydrogen-bond donors (Lipinski definition) is 0. The van der Waals surface area contributed by atoms with Crippen molar-refractivity contribution in [2.75, 3.05) is 6.54 Å². The first-order valence-corrected chi connectivity index (χ1v) is 6.39. The van der Waals surface area contributed by atoms with E-state index in [0.29, 0.717) is 12.8 Å². The van der Waals surface area contributed by atoms with E-state index in [1.807, 2.05) is 0 Å². The summed E-state index contributed by atoms with van der Waals surface area (Å²) >= 11 is 3.12. The van der Waals surface area contributed by atoms with Crippen molar-refractivity contribution in [3.63, 3.8) is 0 Å². The average molecular weight is 318 g/mol. The van der Waals surface area contributed by atoms with Crippen molar-refractivity contribution in [1.82, 2.24) is 4.90 Å². The van der Waals surface area contributed by atoms with E-state index in [1.165, 1.54) is 0 Å². The molecule has 0 fully saturated rings. The first kappa shape index (κ1) is 16.7. The van der Waals surface area contributed by atoms with Crippen LogP contribution in [-0.2, 0) is 4.79 Å². The Hall–Kier alpha value is -0.260. The Bertz CT molecular complexity index is 256. The van der Waals surface area contributed by atoms with Gasteiger partial charge in [-0.15, -0.1) is 0 Å². The Balaban J connectivity index is 5.04. The van der Waals surface area contributed by atoms with E-state index >= 15 is 0 Å². The molecule has 0 unspecified atom stereocenters. The molecule has 2 nitrogen and oxygen atoms in total. The Kier molecular flexibility index (Phi) is 5.98. The minimum Gasteiger partial charge on any atom is -0.329 e. The third-order valence-electron chi connectivity index (χ3n) is 2.50. The lowest BCUT2D eigenvalue weighted by Crippen LogP contribution is -2.50. The molecule has 17 heavy (non-hydrogen) atoms. The van der Waals surface area contributed by atoms with Gasteiger partial charge < -0.3 is 4.90 Å². The minimum atomic E-state index is -4.36. The normalized spacial score (nSPS) is 13.0. The van der Waals surface area contributed by atoms with Crippen molar-refractivity contribution in [3.8, 4) is 0 Å². The second-order valence-corrected chi connectivity index (χ2v) is 6.47. The molecule has 0 saturated heterocycles. The molecule has 6 heteroatoms. The molecule has 0 aromatic carbocycles. The van der Waals surface area contributed by atoms with Crippen LogP contribution in [0.4, 0.5) is 13.2 Å². The Labute approximate surface area is 109 Å². The highest BCUT2D eigenvalue weighted by molar-refractivity contribution is 9.10. The third-order valence-corrected chi connectivity index (χ3v) is 2.84. The number of carbonyl (C=O) groups excluding carboxylic acids is 1. The molecule has 1 amide bonds. The maximum absolute atomic E-state index is 12.5. The average Bonchev–Trinajstić information content (AvgIpc) is 2.13. The fourth-order valence-electron chi connectivity index (χ4n) is 1.63. The van der Waals surface area contributed by atoms with Crippen LogP contribution >= 0.6 is 15.9 Å². The molecule has 0 rings (SSSR count). The van der Waals surface area contributed by atoms with E-state index < -0.39 is 23.0 Å². The van der Waals surface area contributed by atoms with Gasteiger partial charge >= 0.3 is 6.18 Å². The van der Waals surface area contributed by atoms with Gasteiger partial charge in [0.15, 0.2) is 0 Å². The topological polar surface area (TPSA) is 20.3 Å². The van der Waals surface area contributed by atoms with Crippen molar-refractivity contribution in [1.29, 1.82) is 0 Å². The van der Waals surface area contributed by atoms with E-state index in [2.05, 4.69) is 15.9 Å². The molecule has 0 aliphatic carbocycles. The first-order valence-electron chi connectivity index (χ1n) is 5.59. The lowest BCUT2D eigenvalue weighted by atomic mass is 10.1. The van der Waals surface area contributed by atoms with Gasteiger partial charge in [-0.1, -0.05) is 29.8 Å². The highest BCUT2D eigenvalue weighted by atomic mass is 79.9. The molecule has 0 aromatic rings. The molecule has 0 radical (unpaired) electrons. The number of carbonyl (C=O) groups is 1. The van der Waals surface area contributed by atoms with E-state index in [-0.39, 0.29) is 6.04 Å². The van der Waals surface area contributed by atoms with E-state index in [1.54, 1.807) is 27.7 Å². The Morgan fingerprint density at radius 3 is 1.88 bits per heavy atom. The summed E-state index contributed by atoms with van der Waals surface area (Å²) in [5.74, 6) is -0.525. The molecule has 0 spiro atoms. The zero-order chi connectivity index (χ0) is 13.9. The van der Waals surface area contributed by atoms with Crippen LogP contribution in [0.3, 0.4) is 0 Å². The van der Waals surface area contributed by atoms with Crippen molar-refractivity contribution in [2.45, 2.75) is 57.1 Å². The summed E-state index contributed by atoms with van der Waals surface area (Å²) in [4.78, 5) is 12.9. The van der Waals surface area contributed by atoms with Crippen LogP contribution in [0.5, 0.6) is 0 Å².